The maximum absolute atomic E-state index is 10.8. The molecule has 0 aromatic rings. The van der Waals surface area contributed by atoms with E-state index in [9.17, 15) is 10.4 Å². The topological polar surface area (TPSA) is 127 Å². The van der Waals surface area contributed by atoms with Crippen LogP contribution in [-0.2, 0) is 4.94 Å². The van der Waals surface area contributed by atoms with Crippen LogP contribution in [0.1, 0.15) is 0 Å². The third-order valence-corrected chi connectivity index (χ3v) is 1.30. The molecule has 0 aliphatic carbocycles. The highest BCUT2D eigenvalue weighted by atomic mass is 17.0. The molecular formula is C3H4N6O3. The summed E-state index contributed by atoms with van der Waals surface area (Å²) >= 11 is 0. The maximum Gasteiger partial charge on any atom is 0.355 e. The van der Waals surface area contributed by atoms with Crippen LogP contribution in [0.2, 0.25) is 0 Å². The van der Waals surface area contributed by atoms with Crippen molar-refractivity contribution in [1.82, 2.24) is 0 Å². The Bertz CT molecular complexity index is 307. The summed E-state index contributed by atoms with van der Waals surface area (Å²) in [4.78, 5) is 4.22. The molecule has 2 aliphatic heterocycles. The van der Waals surface area contributed by atoms with E-state index in [1.54, 1.807) is 0 Å². The quantitative estimate of drug-likeness (QED) is 0.319. The summed E-state index contributed by atoms with van der Waals surface area (Å²) in [5.74, 6) is -0.316. The van der Waals surface area contributed by atoms with Gasteiger partial charge in [-0.3, -0.25) is 0 Å². The van der Waals surface area contributed by atoms with Crippen molar-refractivity contribution in [3.05, 3.63) is 10.4 Å². The standard InChI is InChI=1S/C3H4N6O3/c4-2-1-3(6-9(11)5-2)8(10)12-7-1/h8-9H,(H2,4,5). The number of oxime groups is 1. The predicted octanol–water partition coefficient (Wildman–Crippen LogP) is -4.35. The molecule has 9 nitrogen and oxygen atoms in total. The van der Waals surface area contributed by atoms with Crippen LogP contribution in [0.3, 0.4) is 0 Å². The van der Waals surface area contributed by atoms with E-state index in [0.717, 1.165) is 0 Å². The Hall–Kier alpha value is -1.55. The van der Waals surface area contributed by atoms with E-state index in [1.165, 1.54) is 0 Å². The van der Waals surface area contributed by atoms with Crippen molar-refractivity contribution in [1.29, 1.82) is 0 Å². The van der Waals surface area contributed by atoms with Gasteiger partial charge in [0.25, 0.3) is 0 Å². The van der Waals surface area contributed by atoms with Crippen molar-refractivity contribution in [3.63, 3.8) is 0 Å². The Morgan fingerprint density at radius 3 is 2.83 bits per heavy atom. The zero-order valence-corrected chi connectivity index (χ0v) is 5.64. The Kier molecular flexibility index (Phi) is 1.31. The average Bonchev–Trinajstić information content (AvgIpc) is 2.33. The van der Waals surface area contributed by atoms with Gasteiger partial charge in [-0.2, -0.15) is 4.94 Å². The molecule has 0 aromatic heterocycles. The fourth-order valence-electron chi connectivity index (χ4n) is 0.814. The summed E-state index contributed by atoms with van der Waals surface area (Å²) in [7, 11) is 0. The lowest BCUT2D eigenvalue weighted by atomic mass is 10.3. The Morgan fingerprint density at radius 1 is 1.33 bits per heavy atom. The van der Waals surface area contributed by atoms with Gasteiger partial charge in [0.2, 0.25) is 11.5 Å². The number of quaternary nitrogens is 2. The first-order valence-corrected chi connectivity index (χ1v) is 2.95. The van der Waals surface area contributed by atoms with Crippen LogP contribution in [-0.4, -0.2) is 17.4 Å². The number of fused-ring (bicyclic) bond motifs is 1. The molecule has 0 radical (unpaired) electrons. The molecule has 0 amide bonds. The molecule has 2 heterocycles. The first-order chi connectivity index (χ1) is 5.68. The highest BCUT2D eigenvalue weighted by molar-refractivity contribution is 6.65. The Balaban J connectivity index is 2.40. The van der Waals surface area contributed by atoms with Gasteiger partial charge in [-0.05, 0) is 10.3 Å². The average molecular weight is 172 g/mol. The zero-order chi connectivity index (χ0) is 8.72. The second-order valence-corrected chi connectivity index (χ2v) is 2.06. The monoisotopic (exact) mass is 172 g/mol. The van der Waals surface area contributed by atoms with Crippen LogP contribution in [0.25, 0.3) is 0 Å². The van der Waals surface area contributed by atoms with Crippen molar-refractivity contribution in [2.24, 2.45) is 21.1 Å². The predicted molar refractivity (Wildman–Crippen MR) is 36.2 cm³/mol. The van der Waals surface area contributed by atoms with E-state index >= 15 is 0 Å². The SMILES string of the molecule is NC1=N[NH+]([O-])N=C2C1=NO[NH+]2[O-]. The van der Waals surface area contributed by atoms with Crippen LogP contribution < -0.4 is 16.2 Å². The number of nitrogens with two attached hydrogens (primary N) is 1. The number of hydrogen-bond donors (Lipinski definition) is 3. The maximum atomic E-state index is 10.8. The molecule has 0 saturated heterocycles. The van der Waals surface area contributed by atoms with Crippen LogP contribution >= 0.6 is 0 Å². The third-order valence-electron chi connectivity index (χ3n) is 1.30. The van der Waals surface area contributed by atoms with Gasteiger partial charge in [-0.15, -0.1) is 5.28 Å². The molecule has 0 spiro atoms. The normalized spacial score (nSPS) is 33.0. The second kappa shape index (κ2) is 2.22. The van der Waals surface area contributed by atoms with Crippen LogP contribution in [0, 0.1) is 10.4 Å². The molecule has 0 fully saturated rings. The lowest BCUT2D eigenvalue weighted by molar-refractivity contribution is -0.976. The summed E-state index contributed by atoms with van der Waals surface area (Å²) < 4.78 is 0. The first kappa shape index (κ1) is 7.12. The van der Waals surface area contributed by atoms with Gasteiger partial charge in [0, 0.05) is 5.10 Å². The third kappa shape index (κ3) is 0.853. The molecule has 4 N–H and O–H groups in total. The largest absolute Gasteiger partial charge is 0.582 e. The van der Waals surface area contributed by atoms with Gasteiger partial charge in [-0.25, -0.2) is 0 Å². The Labute approximate surface area is 65.5 Å². The molecule has 0 bridgehead atoms. The summed E-state index contributed by atoms with van der Waals surface area (Å²) in [6, 6.07) is 0. The van der Waals surface area contributed by atoms with Crippen LogP contribution in [0.4, 0.5) is 0 Å². The van der Waals surface area contributed by atoms with Crippen molar-refractivity contribution < 1.29 is 15.4 Å². The minimum Gasteiger partial charge on any atom is -0.582 e. The number of nitrogens with zero attached hydrogens (tertiary/aromatic N) is 3. The van der Waals surface area contributed by atoms with Crippen molar-refractivity contribution >= 4 is 17.4 Å². The smallest absolute Gasteiger partial charge is 0.355 e. The van der Waals surface area contributed by atoms with Crippen LogP contribution in [0.5, 0.6) is 0 Å². The van der Waals surface area contributed by atoms with E-state index in [2.05, 4.69) is 20.3 Å². The molecule has 2 unspecified atom stereocenters. The fraction of sp³-hybridized carbons (Fsp3) is 0. The number of amidine groups is 2. The van der Waals surface area contributed by atoms with Crippen molar-refractivity contribution in [2.75, 3.05) is 0 Å². The van der Waals surface area contributed by atoms with Gasteiger partial charge >= 0.3 is 5.84 Å². The van der Waals surface area contributed by atoms with E-state index < -0.39 is 10.5 Å². The molecule has 0 aromatic carbocycles. The zero-order valence-electron chi connectivity index (χ0n) is 5.64. The van der Waals surface area contributed by atoms with Gasteiger partial charge in [0.15, 0.2) is 0 Å². The number of nitrogens with one attached hydrogen (secondary N) is 2. The van der Waals surface area contributed by atoms with E-state index in [1.807, 2.05) is 0 Å². The van der Waals surface area contributed by atoms with E-state index in [0.29, 0.717) is 0 Å². The summed E-state index contributed by atoms with van der Waals surface area (Å²) in [6.07, 6.45) is 0. The molecular weight excluding hydrogens is 168 g/mol. The molecule has 9 heteroatoms. The van der Waals surface area contributed by atoms with Gasteiger partial charge in [0.1, 0.15) is 0 Å². The van der Waals surface area contributed by atoms with Crippen molar-refractivity contribution in [2.45, 2.75) is 0 Å². The molecule has 2 atom stereocenters. The van der Waals surface area contributed by atoms with E-state index in [-0.39, 0.29) is 17.4 Å². The molecule has 2 rings (SSSR count). The highest BCUT2D eigenvalue weighted by Gasteiger charge is 2.36. The minimum absolute atomic E-state index is 0.0274. The van der Waals surface area contributed by atoms with Gasteiger partial charge < -0.3 is 16.1 Å². The van der Waals surface area contributed by atoms with Gasteiger partial charge in [-0.1, -0.05) is 5.23 Å². The molecule has 0 saturated carbocycles. The van der Waals surface area contributed by atoms with E-state index in [4.69, 9.17) is 5.73 Å². The molecule has 12 heavy (non-hydrogen) atoms. The number of hydroxylamine groups is 2. The summed E-state index contributed by atoms with van der Waals surface area (Å²) in [6.45, 7) is 0. The number of rotatable bonds is 0. The molecule has 64 valence electrons. The first-order valence-electron chi connectivity index (χ1n) is 2.95. The van der Waals surface area contributed by atoms with Gasteiger partial charge in [0.05, 0.1) is 0 Å². The minimum atomic E-state index is -0.819. The highest BCUT2D eigenvalue weighted by Crippen LogP contribution is 1.89. The van der Waals surface area contributed by atoms with Crippen molar-refractivity contribution in [3.8, 4) is 0 Å². The lowest BCUT2D eigenvalue weighted by Crippen LogP contribution is -3.11. The fourth-order valence-corrected chi connectivity index (χ4v) is 0.814. The Morgan fingerprint density at radius 2 is 2.08 bits per heavy atom. The molecule has 2 aliphatic rings. The summed E-state index contributed by atoms with van der Waals surface area (Å²) in [5, 5.41) is 29.6. The summed E-state index contributed by atoms with van der Waals surface area (Å²) in [5.41, 5.74) is 5.29. The van der Waals surface area contributed by atoms with Crippen LogP contribution in [0.15, 0.2) is 15.4 Å². The lowest BCUT2D eigenvalue weighted by Gasteiger charge is -2.14. The number of hydrogen-bond acceptors (Lipinski definition) is 7. The second-order valence-electron chi connectivity index (χ2n) is 2.06.